The maximum absolute atomic E-state index is 11.3. The molecule has 1 saturated carbocycles. The summed E-state index contributed by atoms with van der Waals surface area (Å²) in [5.41, 5.74) is 11.4. The molecule has 3 N–H and O–H groups in total. The number of rotatable bonds is 4. The number of aliphatic carboxylic acids is 1. The van der Waals surface area contributed by atoms with E-state index in [1.54, 1.807) is 29.3 Å². The zero-order valence-corrected chi connectivity index (χ0v) is 18.7. The molecule has 0 spiro atoms. The molecule has 5 rings (SSSR count). The number of nitrogens with zero attached hydrogens (tertiary/aromatic N) is 5. The Labute approximate surface area is 192 Å². The molecule has 0 bridgehead atoms. The van der Waals surface area contributed by atoms with Gasteiger partial charge < -0.3 is 10.8 Å². The van der Waals surface area contributed by atoms with Crippen LogP contribution in [0, 0.1) is 5.92 Å². The lowest BCUT2D eigenvalue weighted by atomic mass is 9.80. The predicted molar refractivity (Wildman–Crippen MR) is 124 cm³/mol. The molecular formula is C23H21BrN6O2. The van der Waals surface area contributed by atoms with E-state index >= 15 is 0 Å². The van der Waals surface area contributed by atoms with E-state index in [-0.39, 0.29) is 11.8 Å². The van der Waals surface area contributed by atoms with Crippen LogP contribution in [0.3, 0.4) is 0 Å². The number of aromatic nitrogens is 5. The van der Waals surface area contributed by atoms with Gasteiger partial charge >= 0.3 is 5.97 Å². The summed E-state index contributed by atoms with van der Waals surface area (Å²) in [6, 6.07) is 7.79. The second-order valence-corrected chi connectivity index (χ2v) is 8.84. The number of hydrogen-bond acceptors (Lipinski definition) is 6. The molecule has 0 aliphatic heterocycles. The number of nitrogens with two attached hydrogens (primary N) is 1. The highest BCUT2D eigenvalue weighted by molar-refractivity contribution is 9.10. The van der Waals surface area contributed by atoms with Crippen molar-refractivity contribution in [2.24, 2.45) is 5.92 Å². The summed E-state index contributed by atoms with van der Waals surface area (Å²) < 4.78 is 2.35. The molecule has 0 aromatic carbocycles. The minimum absolute atomic E-state index is 0.154. The summed E-state index contributed by atoms with van der Waals surface area (Å²) in [6.45, 7) is 0. The van der Waals surface area contributed by atoms with Crippen molar-refractivity contribution in [3.63, 3.8) is 0 Å². The van der Waals surface area contributed by atoms with Gasteiger partial charge in [0.2, 0.25) is 0 Å². The highest BCUT2D eigenvalue weighted by atomic mass is 79.9. The lowest BCUT2D eigenvalue weighted by Gasteiger charge is -2.26. The van der Waals surface area contributed by atoms with Crippen LogP contribution in [0.25, 0.3) is 28.0 Å². The van der Waals surface area contributed by atoms with Gasteiger partial charge in [0.15, 0.2) is 5.65 Å². The highest BCUT2D eigenvalue weighted by Gasteiger charge is 2.30. The quantitative estimate of drug-likeness (QED) is 0.428. The van der Waals surface area contributed by atoms with Crippen LogP contribution >= 0.6 is 15.9 Å². The second-order valence-electron chi connectivity index (χ2n) is 8.05. The van der Waals surface area contributed by atoms with Crippen LogP contribution in [0.15, 0.2) is 53.5 Å². The number of pyridine rings is 2. The number of fused-ring (bicyclic) bond motifs is 1. The first-order chi connectivity index (χ1) is 15.5. The fraction of sp³-hybridized carbons (Fsp3) is 0.261. The van der Waals surface area contributed by atoms with Crippen LogP contribution in [0.2, 0.25) is 0 Å². The zero-order chi connectivity index (χ0) is 22.2. The number of nitrogen functional groups attached to an aromatic ring is 1. The van der Waals surface area contributed by atoms with Gasteiger partial charge in [0.05, 0.1) is 28.0 Å². The third-order valence-electron chi connectivity index (χ3n) is 6.14. The number of carbonyl (C=O) groups is 1. The smallest absolute Gasteiger partial charge is 0.306 e. The van der Waals surface area contributed by atoms with Gasteiger partial charge in [0, 0.05) is 41.2 Å². The summed E-state index contributed by atoms with van der Waals surface area (Å²) in [5.74, 6) is -0.357. The van der Waals surface area contributed by atoms with Crippen LogP contribution in [-0.2, 0) is 4.79 Å². The van der Waals surface area contributed by atoms with Crippen molar-refractivity contribution in [1.82, 2.24) is 24.6 Å². The molecular weight excluding hydrogens is 472 g/mol. The van der Waals surface area contributed by atoms with Crippen LogP contribution in [0.1, 0.15) is 37.3 Å². The van der Waals surface area contributed by atoms with Gasteiger partial charge in [-0.05, 0) is 59.8 Å². The van der Waals surface area contributed by atoms with Crippen LogP contribution in [0.5, 0.6) is 0 Å². The number of hydrogen-bond donors (Lipinski definition) is 2. The molecule has 162 valence electrons. The van der Waals surface area contributed by atoms with Gasteiger partial charge in [0.1, 0.15) is 5.82 Å². The molecule has 0 amide bonds. The molecule has 0 unspecified atom stereocenters. The first-order valence-corrected chi connectivity index (χ1v) is 11.2. The number of carboxylic acids is 1. The van der Waals surface area contributed by atoms with E-state index in [1.165, 1.54) is 0 Å². The first-order valence-electron chi connectivity index (χ1n) is 10.4. The Bertz CT molecular complexity index is 1280. The van der Waals surface area contributed by atoms with Crippen molar-refractivity contribution in [3.8, 4) is 22.4 Å². The molecule has 4 heterocycles. The number of halogens is 1. The molecule has 1 fully saturated rings. The van der Waals surface area contributed by atoms with Gasteiger partial charge in [-0.1, -0.05) is 6.07 Å². The standard InChI is InChI=1S/C23H21BrN6O2/c24-19-20(13-3-5-14(6-4-13)23(31)32)29-22-17(12-28-30(22)21(19)25)15-7-8-18(27-11-15)16-2-1-9-26-10-16/h1-2,7-14H,3-6,25H2,(H,31,32)/t13-,14+. The van der Waals surface area contributed by atoms with Crippen molar-refractivity contribution in [3.05, 3.63) is 59.2 Å². The third kappa shape index (κ3) is 3.62. The maximum Gasteiger partial charge on any atom is 0.306 e. The van der Waals surface area contributed by atoms with Crippen molar-refractivity contribution in [1.29, 1.82) is 0 Å². The fourth-order valence-corrected chi connectivity index (χ4v) is 4.92. The Morgan fingerprint density at radius 2 is 1.91 bits per heavy atom. The lowest BCUT2D eigenvalue weighted by Crippen LogP contribution is -2.21. The molecule has 0 saturated heterocycles. The monoisotopic (exact) mass is 492 g/mol. The third-order valence-corrected chi connectivity index (χ3v) is 6.96. The molecule has 8 nitrogen and oxygen atoms in total. The van der Waals surface area contributed by atoms with Gasteiger partial charge in [-0.15, -0.1) is 0 Å². The highest BCUT2D eigenvalue weighted by Crippen LogP contribution is 2.40. The molecule has 1 aliphatic rings. The van der Waals surface area contributed by atoms with Gasteiger partial charge in [-0.3, -0.25) is 14.8 Å². The summed E-state index contributed by atoms with van der Waals surface area (Å²) >= 11 is 3.60. The first kappa shape index (κ1) is 20.6. The van der Waals surface area contributed by atoms with E-state index in [1.807, 2.05) is 24.3 Å². The predicted octanol–water partition coefficient (Wildman–Crippen LogP) is 4.56. The van der Waals surface area contributed by atoms with Crippen molar-refractivity contribution in [2.45, 2.75) is 31.6 Å². The van der Waals surface area contributed by atoms with Crippen LogP contribution < -0.4 is 5.73 Å². The van der Waals surface area contributed by atoms with Crippen molar-refractivity contribution >= 4 is 33.4 Å². The van der Waals surface area contributed by atoms with Crippen LogP contribution in [-0.4, -0.2) is 35.6 Å². The largest absolute Gasteiger partial charge is 0.481 e. The minimum Gasteiger partial charge on any atom is -0.481 e. The van der Waals surface area contributed by atoms with Gasteiger partial charge in [0.25, 0.3) is 0 Å². The van der Waals surface area contributed by atoms with Crippen molar-refractivity contribution in [2.75, 3.05) is 5.73 Å². The average Bonchev–Trinajstić information content (AvgIpc) is 3.26. The molecule has 32 heavy (non-hydrogen) atoms. The van der Waals surface area contributed by atoms with E-state index in [9.17, 15) is 9.90 Å². The van der Waals surface area contributed by atoms with Crippen molar-refractivity contribution < 1.29 is 9.90 Å². The van der Waals surface area contributed by atoms with Gasteiger partial charge in [-0.25, -0.2) is 4.98 Å². The second kappa shape index (κ2) is 8.31. The summed E-state index contributed by atoms with van der Waals surface area (Å²) in [5, 5.41) is 13.7. The van der Waals surface area contributed by atoms with E-state index in [0.717, 1.165) is 45.4 Å². The molecule has 4 aromatic rings. The fourth-order valence-electron chi connectivity index (χ4n) is 4.34. The SMILES string of the molecule is Nc1c(Br)c([C@H]2CC[C@@H](C(=O)O)CC2)nc2c(-c3ccc(-c4cccnc4)nc3)cnn12. The van der Waals surface area contributed by atoms with E-state index < -0.39 is 5.97 Å². The Balaban J connectivity index is 1.51. The van der Waals surface area contributed by atoms with Gasteiger partial charge in [-0.2, -0.15) is 9.61 Å². The van der Waals surface area contributed by atoms with E-state index in [0.29, 0.717) is 24.3 Å². The van der Waals surface area contributed by atoms with E-state index in [2.05, 4.69) is 31.0 Å². The number of anilines is 1. The summed E-state index contributed by atoms with van der Waals surface area (Å²) in [4.78, 5) is 25.0. The Morgan fingerprint density at radius 1 is 1.09 bits per heavy atom. The Morgan fingerprint density at radius 3 is 2.56 bits per heavy atom. The van der Waals surface area contributed by atoms with E-state index in [4.69, 9.17) is 10.7 Å². The minimum atomic E-state index is -0.717. The topological polar surface area (TPSA) is 119 Å². The maximum atomic E-state index is 11.3. The normalized spacial score (nSPS) is 18.7. The Kier molecular flexibility index (Phi) is 5.34. The molecule has 1 aliphatic carbocycles. The molecule has 9 heteroatoms. The Hall–Kier alpha value is -3.33. The average molecular weight is 493 g/mol. The lowest BCUT2D eigenvalue weighted by molar-refractivity contribution is -0.142. The number of carboxylic acid groups (broad SMARTS) is 1. The molecule has 4 aromatic heterocycles. The van der Waals surface area contributed by atoms with Crippen LogP contribution in [0.4, 0.5) is 5.82 Å². The summed E-state index contributed by atoms with van der Waals surface area (Å²) in [7, 11) is 0. The molecule has 0 atom stereocenters. The molecule has 0 radical (unpaired) electrons. The zero-order valence-electron chi connectivity index (χ0n) is 17.1. The summed E-state index contributed by atoms with van der Waals surface area (Å²) in [6.07, 6.45) is 9.88.